The second-order valence-corrected chi connectivity index (χ2v) is 8.82. The van der Waals surface area contributed by atoms with Crippen LogP contribution in [0, 0.1) is 11.8 Å². The third-order valence-electron chi connectivity index (χ3n) is 6.73. The van der Waals surface area contributed by atoms with Crippen LogP contribution in [-0.2, 0) is 15.2 Å². The fraction of sp³-hybridized carbons (Fsp3) is 0.167. The van der Waals surface area contributed by atoms with Crippen molar-refractivity contribution in [3.8, 4) is 0 Å². The third kappa shape index (κ3) is 1.97. The maximum atomic E-state index is 13.7. The highest BCUT2D eigenvalue weighted by Gasteiger charge is 2.68. The van der Waals surface area contributed by atoms with Crippen LogP contribution in [0.2, 0.25) is 10.0 Å². The van der Waals surface area contributed by atoms with Crippen LogP contribution in [0.3, 0.4) is 0 Å². The molecule has 4 aliphatic rings. The smallest absolute Gasteiger partial charge is 0.241 e. The molecule has 0 radical (unpaired) electrons. The Labute approximate surface area is 182 Å². The number of hydrogen-bond acceptors (Lipinski definition) is 3. The monoisotopic (exact) mass is 435 g/mol. The molecule has 1 N–H and O–H groups in total. The van der Waals surface area contributed by atoms with Crippen molar-refractivity contribution in [2.45, 2.75) is 11.5 Å². The van der Waals surface area contributed by atoms with Crippen LogP contribution in [0.25, 0.3) is 0 Å². The first-order chi connectivity index (χ1) is 14.5. The summed E-state index contributed by atoms with van der Waals surface area (Å²) in [6.07, 6.45) is 0. The summed E-state index contributed by atoms with van der Waals surface area (Å²) in [5.41, 5.74) is 1.72. The van der Waals surface area contributed by atoms with Crippen molar-refractivity contribution >= 4 is 40.7 Å². The second-order valence-electron chi connectivity index (χ2n) is 8.00. The largest absolute Gasteiger partial charge is 0.379 e. The number of benzene rings is 3. The van der Waals surface area contributed by atoms with E-state index in [0.29, 0.717) is 11.1 Å². The third-order valence-corrected chi connectivity index (χ3v) is 7.34. The highest BCUT2D eigenvalue weighted by atomic mass is 35.5. The van der Waals surface area contributed by atoms with E-state index in [1.165, 1.54) is 0 Å². The summed E-state index contributed by atoms with van der Waals surface area (Å²) in [5, 5.41) is 12.6. The summed E-state index contributed by atoms with van der Waals surface area (Å²) >= 11 is 12.7. The molecular weight excluding hydrogens is 421 g/mol. The molecule has 3 aliphatic carbocycles. The van der Waals surface area contributed by atoms with Crippen LogP contribution in [-0.4, -0.2) is 16.9 Å². The van der Waals surface area contributed by atoms with Crippen LogP contribution in [0.15, 0.2) is 66.7 Å². The van der Waals surface area contributed by atoms with E-state index in [-0.39, 0.29) is 27.6 Å². The van der Waals surface area contributed by atoms with Crippen molar-refractivity contribution in [1.29, 1.82) is 0 Å². The Bertz CT molecular complexity index is 1200. The lowest BCUT2D eigenvalue weighted by atomic mass is 9.52. The van der Waals surface area contributed by atoms with Crippen LogP contribution in [0.4, 0.5) is 5.69 Å². The number of imide groups is 1. The lowest BCUT2D eigenvalue weighted by Crippen LogP contribution is -2.53. The van der Waals surface area contributed by atoms with Crippen LogP contribution in [0.5, 0.6) is 0 Å². The number of carbonyl (C=O) groups is 2. The quantitative estimate of drug-likeness (QED) is 0.572. The molecule has 4 nitrogen and oxygen atoms in total. The standard InChI is InChI=1S/C24H15Cl2NO3/c25-16-10-5-11-17(26)21(16)27-22(28)19-18-12-6-1-3-8-14(12)24(30,20(19)23(27)29)15-9-4-2-7-13(15)18/h1-11,18-20,30H/t18?,19-,20+,24?/m0/s1. The predicted molar refractivity (Wildman–Crippen MR) is 114 cm³/mol. The van der Waals surface area contributed by atoms with Crippen molar-refractivity contribution in [3.63, 3.8) is 0 Å². The van der Waals surface area contributed by atoms with Crippen molar-refractivity contribution in [1.82, 2.24) is 0 Å². The zero-order chi connectivity index (χ0) is 20.8. The fourth-order valence-electron chi connectivity index (χ4n) is 5.65. The molecule has 0 saturated carbocycles. The molecule has 3 aromatic carbocycles. The molecular formula is C24H15Cl2NO3. The van der Waals surface area contributed by atoms with Crippen LogP contribution in [0.1, 0.15) is 28.2 Å². The molecule has 1 fully saturated rings. The Morgan fingerprint density at radius 3 is 1.87 bits per heavy atom. The van der Waals surface area contributed by atoms with Gasteiger partial charge in [-0.2, -0.15) is 0 Å². The van der Waals surface area contributed by atoms with Gasteiger partial charge < -0.3 is 5.11 Å². The molecule has 1 aliphatic heterocycles. The average Bonchev–Trinajstić information content (AvgIpc) is 3.01. The van der Waals surface area contributed by atoms with E-state index in [1.54, 1.807) is 18.2 Å². The number of halogens is 2. The Balaban J connectivity index is 1.64. The van der Waals surface area contributed by atoms with E-state index in [9.17, 15) is 14.7 Å². The first kappa shape index (κ1) is 18.1. The summed E-state index contributed by atoms with van der Waals surface area (Å²) in [6, 6.07) is 19.9. The molecule has 0 aromatic heterocycles. The number of nitrogens with zero attached hydrogens (tertiary/aromatic N) is 1. The molecule has 1 heterocycles. The predicted octanol–water partition coefficient (Wildman–Crippen LogP) is 4.49. The number of aliphatic hydroxyl groups is 1. The van der Waals surface area contributed by atoms with Gasteiger partial charge in [0, 0.05) is 5.92 Å². The number of carbonyl (C=O) groups excluding carboxylic acids is 2. The minimum absolute atomic E-state index is 0.182. The van der Waals surface area contributed by atoms with Crippen molar-refractivity contribution in [2.24, 2.45) is 11.8 Å². The Morgan fingerprint density at radius 1 is 0.767 bits per heavy atom. The molecule has 3 aromatic rings. The van der Waals surface area contributed by atoms with Gasteiger partial charge in [-0.1, -0.05) is 77.8 Å². The van der Waals surface area contributed by atoms with Gasteiger partial charge in [-0.25, -0.2) is 4.90 Å². The zero-order valence-corrected chi connectivity index (χ0v) is 17.1. The van der Waals surface area contributed by atoms with E-state index in [0.717, 1.165) is 16.0 Å². The Morgan fingerprint density at radius 2 is 1.30 bits per heavy atom. The number of para-hydroxylation sites is 1. The Kier molecular flexibility index (Phi) is 3.59. The summed E-state index contributed by atoms with van der Waals surface area (Å²) in [5.74, 6) is -2.84. The van der Waals surface area contributed by atoms with Gasteiger partial charge in [0.25, 0.3) is 0 Å². The molecule has 7 rings (SSSR count). The minimum atomic E-state index is -1.60. The molecule has 0 spiro atoms. The van der Waals surface area contributed by atoms with E-state index in [1.807, 2.05) is 48.5 Å². The number of rotatable bonds is 1. The molecule has 6 heteroatoms. The fourth-order valence-corrected chi connectivity index (χ4v) is 6.22. The second kappa shape index (κ2) is 5.94. The van der Waals surface area contributed by atoms with Gasteiger partial charge in [-0.3, -0.25) is 9.59 Å². The first-order valence-corrected chi connectivity index (χ1v) is 10.4. The maximum absolute atomic E-state index is 13.7. The zero-order valence-electron chi connectivity index (χ0n) is 15.5. The lowest BCUT2D eigenvalue weighted by molar-refractivity contribution is -0.133. The molecule has 2 bridgehead atoms. The molecule has 148 valence electrons. The highest BCUT2D eigenvalue weighted by Crippen LogP contribution is 2.63. The molecule has 0 unspecified atom stereocenters. The van der Waals surface area contributed by atoms with Gasteiger partial charge in [-0.05, 0) is 34.4 Å². The van der Waals surface area contributed by atoms with E-state index >= 15 is 0 Å². The summed E-state index contributed by atoms with van der Waals surface area (Å²) in [4.78, 5) is 28.5. The van der Waals surface area contributed by atoms with Crippen molar-refractivity contribution in [2.75, 3.05) is 4.90 Å². The average molecular weight is 436 g/mol. The van der Waals surface area contributed by atoms with E-state index in [4.69, 9.17) is 23.2 Å². The summed E-state index contributed by atoms with van der Waals surface area (Å²) < 4.78 is 0. The topological polar surface area (TPSA) is 57.6 Å². The van der Waals surface area contributed by atoms with Crippen molar-refractivity contribution in [3.05, 3.63) is 99.0 Å². The molecule has 2 atom stereocenters. The van der Waals surface area contributed by atoms with Crippen molar-refractivity contribution < 1.29 is 14.7 Å². The first-order valence-electron chi connectivity index (χ1n) is 9.69. The van der Waals surface area contributed by atoms with Gasteiger partial charge in [-0.15, -0.1) is 0 Å². The lowest BCUT2D eigenvalue weighted by Gasteiger charge is -2.51. The van der Waals surface area contributed by atoms with E-state index < -0.39 is 23.3 Å². The highest BCUT2D eigenvalue weighted by molar-refractivity contribution is 6.42. The maximum Gasteiger partial charge on any atom is 0.241 e. The van der Waals surface area contributed by atoms with E-state index in [2.05, 4.69) is 0 Å². The van der Waals surface area contributed by atoms with Gasteiger partial charge in [0.15, 0.2) is 0 Å². The number of amides is 2. The Hall–Kier alpha value is -2.66. The summed E-state index contributed by atoms with van der Waals surface area (Å²) in [6.45, 7) is 0. The molecule has 30 heavy (non-hydrogen) atoms. The van der Waals surface area contributed by atoms with Gasteiger partial charge in [0.1, 0.15) is 5.60 Å². The van der Waals surface area contributed by atoms with Crippen LogP contribution >= 0.6 is 23.2 Å². The SMILES string of the molecule is O=C1[C@H]2C3c4ccccc4C(O)(c4ccccc43)[C@H]2C(=O)N1c1c(Cl)cccc1Cl. The minimum Gasteiger partial charge on any atom is -0.379 e. The van der Waals surface area contributed by atoms with Gasteiger partial charge in [0.2, 0.25) is 11.8 Å². The van der Waals surface area contributed by atoms with Gasteiger partial charge in [0.05, 0.1) is 27.6 Å². The van der Waals surface area contributed by atoms with Crippen LogP contribution < -0.4 is 4.90 Å². The summed E-state index contributed by atoms with van der Waals surface area (Å²) in [7, 11) is 0. The molecule has 2 amide bonds. The number of hydrogen-bond donors (Lipinski definition) is 1. The molecule has 1 saturated heterocycles. The van der Waals surface area contributed by atoms with Gasteiger partial charge >= 0.3 is 0 Å². The number of anilines is 1. The normalized spacial score (nSPS) is 28.4.